The van der Waals surface area contributed by atoms with E-state index >= 15 is 0 Å². The van der Waals surface area contributed by atoms with Crippen molar-refractivity contribution in [2.24, 2.45) is 11.1 Å². The summed E-state index contributed by atoms with van der Waals surface area (Å²) in [5.41, 5.74) is 2.85. The Hall–Kier alpha value is -1.83. The molecule has 3 aliphatic rings. The summed E-state index contributed by atoms with van der Waals surface area (Å²) in [6.45, 7) is 0. The van der Waals surface area contributed by atoms with E-state index in [1.54, 1.807) is 47.8 Å². The molecule has 0 saturated heterocycles. The Bertz CT molecular complexity index is 1010. The zero-order valence-corrected chi connectivity index (χ0v) is 21.8. The van der Waals surface area contributed by atoms with Crippen LogP contribution in [-0.4, -0.2) is 15.4 Å². The molecule has 7 heteroatoms. The molecule has 5 rings (SSSR count). The van der Waals surface area contributed by atoms with Crippen molar-refractivity contribution in [1.29, 1.82) is 0 Å². The molecule has 0 amide bonds. The van der Waals surface area contributed by atoms with Crippen molar-refractivity contribution in [2.75, 3.05) is 5.75 Å². The lowest BCUT2D eigenvalue weighted by atomic mass is 9.91. The molecule has 0 N–H and O–H groups in total. The molecule has 35 heavy (non-hydrogen) atoms. The second kappa shape index (κ2) is 13.5. The maximum absolute atomic E-state index is 13.4. The monoisotopic (exact) mass is 531 g/mol. The molecule has 0 heterocycles. The van der Waals surface area contributed by atoms with Gasteiger partial charge in [0.2, 0.25) is 0 Å². The van der Waals surface area contributed by atoms with Crippen molar-refractivity contribution in [1.82, 2.24) is 0 Å². The number of nitrogens with zero attached hydrogens (tertiary/aromatic N) is 1. The first-order valence-corrected chi connectivity index (χ1v) is 14.6. The quantitative estimate of drug-likeness (QED) is 0.0971. The lowest BCUT2D eigenvalue weighted by Crippen LogP contribution is -2.12. The molecule has 0 aliphatic heterocycles. The first-order chi connectivity index (χ1) is 17.1. The Labute approximate surface area is 218 Å². The number of rotatable bonds is 8. The van der Waals surface area contributed by atoms with Crippen LogP contribution in [0, 0.1) is 17.6 Å². The summed E-state index contributed by atoms with van der Waals surface area (Å²) >= 11 is 4.60. The molecule has 1 nitrogen and oxygen atoms in total. The molecule has 0 radical (unpaired) electrons. The molecule has 0 spiro atoms. The van der Waals surface area contributed by atoms with Crippen molar-refractivity contribution in [3.8, 4) is 11.1 Å². The Morgan fingerprint density at radius 2 is 1.23 bits per heavy atom. The molecule has 0 bridgehead atoms. The van der Waals surface area contributed by atoms with E-state index in [9.17, 15) is 13.3 Å². The van der Waals surface area contributed by atoms with Crippen molar-refractivity contribution in [2.45, 2.75) is 52.9 Å². The van der Waals surface area contributed by atoms with Gasteiger partial charge >= 0.3 is 0 Å². The molecule has 0 atom stereocenters. The highest BCUT2D eigenvalue weighted by Gasteiger charge is 2.20. The van der Waals surface area contributed by atoms with Crippen LogP contribution in [0.5, 0.6) is 0 Å². The largest absolute Gasteiger partial charge is 0.207 e. The molecule has 2 aromatic carbocycles. The molecule has 1 fully saturated rings. The van der Waals surface area contributed by atoms with E-state index in [0.717, 1.165) is 15.5 Å². The van der Waals surface area contributed by atoms with Crippen LogP contribution in [0.4, 0.5) is 13.3 Å². The zero-order chi connectivity index (χ0) is 24.5. The van der Waals surface area contributed by atoms with Gasteiger partial charge in [0.25, 0.3) is 0 Å². The van der Waals surface area contributed by atoms with Crippen molar-refractivity contribution < 1.29 is 13.3 Å². The summed E-state index contributed by atoms with van der Waals surface area (Å²) in [5, 5.41) is 3.55. The maximum Gasteiger partial charge on any atom is 0.123 e. The third-order valence-corrected chi connectivity index (χ3v) is 9.76. The molecule has 1 saturated carbocycles. The summed E-state index contributed by atoms with van der Waals surface area (Å²) in [6, 6.07) is 21.1. The van der Waals surface area contributed by atoms with E-state index in [4.69, 9.17) is 0 Å². The van der Waals surface area contributed by atoms with Crippen LogP contribution >= 0.6 is 35.3 Å². The van der Waals surface area contributed by atoms with Crippen molar-refractivity contribution >= 4 is 40.3 Å². The van der Waals surface area contributed by atoms with E-state index in [1.165, 1.54) is 79.3 Å². The summed E-state index contributed by atoms with van der Waals surface area (Å²) in [6.07, 6.45) is 6.71. The minimum absolute atomic E-state index is 0.0562. The second-order valence-corrected chi connectivity index (χ2v) is 12.6. The zero-order valence-electron chi connectivity index (χ0n) is 19.3. The molecule has 0 aromatic heterocycles. The predicted octanol–water partition coefficient (Wildman–Crippen LogP) is 9.83. The maximum atomic E-state index is 13.4. The first kappa shape index (κ1) is 26.2. The summed E-state index contributed by atoms with van der Waals surface area (Å²) in [4.78, 5) is 1.81. The highest BCUT2D eigenvalue weighted by atomic mass is 32.2. The van der Waals surface area contributed by atoms with E-state index < -0.39 is 0 Å². The number of benzene rings is 3. The van der Waals surface area contributed by atoms with Gasteiger partial charge in [0, 0.05) is 22.0 Å². The Kier molecular flexibility index (Phi) is 10.1. The number of halogens is 3. The SMILES string of the molecule is FN=C(CC(Sc1ccc(F)cc1)Sc1ccc(F)cc1)SCC1CCCCC1.c1cc2ccc1-2. The minimum atomic E-state index is -0.286. The van der Waals surface area contributed by atoms with Crippen LogP contribution in [-0.2, 0) is 0 Å². The van der Waals surface area contributed by atoms with Gasteiger partial charge < -0.3 is 0 Å². The van der Waals surface area contributed by atoms with Crippen molar-refractivity contribution in [3.05, 3.63) is 84.4 Å². The fraction of sp³-hybridized carbons (Fsp3) is 0.321. The third kappa shape index (κ3) is 8.36. The van der Waals surface area contributed by atoms with Crippen LogP contribution in [0.15, 0.2) is 87.8 Å². The number of hydrogen-bond donors (Lipinski definition) is 0. The molecule has 184 valence electrons. The van der Waals surface area contributed by atoms with Crippen LogP contribution in [0.3, 0.4) is 0 Å². The fourth-order valence-corrected chi connectivity index (χ4v) is 7.77. The van der Waals surface area contributed by atoms with Crippen molar-refractivity contribution in [3.63, 3.8) is 0 Å². The molecule has 3 aliphatic carbocycles. The molecule has 0 unspecified atom stereocenters. The van der Waals surface area contributed by atoms with E-state index in [-0.39, 0.29) is 16.2 Å². The number of thioether (sulfide) groups is 3. The van der Waals surface area contributed by atoms with Gasteiger partial charge in [-0.15, -0.1) is 35.3 Å². The Morgan fingerprint density at radius 1 is 0.743 bits per heavy atom. The summed E-state index contributed by atoms with van der Waals surface area (Å²) in [7, 11) is 0. The Morgan fingerprint density at radius 3 is 1.63 bits per heavy atom. The average molecular weight is 532 g/mol. The van der Waals surface area contributed by atoms with Crippen LogP contribution < -0.4 is 0 Å². The Balaban J connectivity index is 0.000000411. The highest BCUT2D eigenvalue weighted by Crippen LogP contribution is 2.39. The fourth-order valence-electron chi connectivity index (χ4n) is 3.93. The lowest BCUT2D eigenvalue weighted by molar-refractivity contribution is 0.391. The van der Waals surface area contributed by atoms with Gasteiger partial charge in [-0.2, -0.15) is 0 Å². The highest BCUT2D eigenvalue weighted by molar-refractivity contribution is 8.17. The molecule has 2 aromatic rings. The van der Waals surface area contributed by atoms with Gasteiger partial charge in [-0.05, 0) is 78.4 Å². The first-order valence-electron chi connectivity index (χ1n) is 11.8. The third-order valence-electron chi connectivity index (χ3n) is 6.03. The predicted molar refractivity (Wildman–Crippen MR) is 146 cm³/mol. The van der Waals surface area contributed by atoms with E-state index in [0.29, 0.717) is 17.4 Å². The van der Waals surface area contributed by atoms with Gasteiger partial charge in [0.1, 0.15) is 16.7 Å². The number of fused-ring (bicyclic) bond motifs is 1. The summed E-state index contributed by atoms with van der Waals surface area (Å²) in [5.74, 6) is 0.966. The normalized spacial score (nSPS) is 15.0. The van der Waals surface area contributed by atoms with Crippen LogP contribution in [0.2, 0.25) is 0 Å². The standard InChI is InChI=1S/C22H24F3NS3.C6H4/c23-17-6-10-19(11-7-17)28-22(29-20-12-8-18(24)9-13-20)14-21(26-25)27-15-16-4-2-1-3-5-16;1-2-6-4-3-5(1)6/h6-13,16,22H,1-5,14-15H2;1-4H. The molecular formula is C28H28F3NS3. The van der Waals surface area contributed by atoms with Gasteiger partial charge in [0.05, 0.1) is 4.58 Å². The summed E-state index contributed by atoms with van der Waals surface area (Å²) < 4.78 is 39.8. The van der Waals surface area contributed by atoms with Gasteiger partial charge in [-0.25, -0.2) is 8.78 Å². The minimum Gasteiger partial charge on any atom is -0.207 e. The molecular weight excluding hydrogens is 504 g/mol. The van der Waals surface area contributed by atoms with Gasteiger partial charge in [0.15, 0.2) is 0 Å². The second-order valence-electron chi connectivity index (χ2n) is 8.65. The van der Waals surface area contributed by atoms with Crippen LogP contribution in [0.1, 0.15) is 38.5 Å². The lowest BCUT2D eigenvalue weighted by Gasteiger charge is -2.22. The van der Waals surface area contributed by atoms with E-state index in [1.807, 2.05) is 0 Å². The van der Waals surface area contributed by atoms with E-state index in [2.05, 4.69) is 29.5 Å². The average Bonchev–Trinajstić information content (AvgIpc) is 2.87. The number of hydrogen-bond acceptors (Lipinski definition) is 4. The smallest absolute Gasteiger partial charge is 0.123 e. The van der Waals surface area contributed by atoms with Gasteiger partial charge in [-0.1, -0.05) is 53.2 Å². The van der Waals surface area contributed by atoms with Crippen LogP contribution in [0.25, 0.3) is 11.1 Å². The van der Waals surface area contributed by atoms with Gasteiger partial charge in [-0.3, -0.25) is 0 Å². The topological polar surface area (TPSA) is 12.4 Å².